The molecule has 0 aliphatic rings. The van der Waals surface area contributed by atoms with Crippen LogP contribution in [0.4, 0.5) is 0 Å². The average Bonchev–Trinajstić information content (AvgIpc) is 1.82. The highest BCUT2D eigenvalue weighted by Crippen LogP contribution is 2.10. The molecule has 0 amide bonds. The Balaban J connectivity index is 4.52. The Hall–Kier alpha value is -1.52. The van der Waals surface area contributed by atoms with E-state index in [-0.39, 0.29) is 0 Å². The van der Waals surface area contributed by atoms with Gasteiger partial charge in [-0.15, -0.1) is 0 Å². The minimum absolute atomic E-state index is 0.560. The molecule has 3 N–H and O–H groups in total. The Bertz CT molecular complexity index is 249. The minimum Gasteiger partial charge on any atom is -0.477 e. The van der Waals surface area contributed by atoms with E-state index in [9.17, 15) is 9.59 Å². The van der Waals surface area contributed by atoms with Gasteiger partial charge in [0.1, 0.15) is 5.60 Å². The molecular weight excluding hydrogens is 174 g/mol. The number of rotatable bonds is 2. The van der Waals surface area contributed by atoms with Gasteiger partial charge in [-0.1, -0.05) is 0 Å². The number of carboxylic acids is 1. The van der Waals surface area contributed by atoms with Crippen LogP contribution < -0.4 is 5.73 Å². The largest absolute Gasteiger partial charge is 0.477 e. The molecule has 0 aromatic rings. The zero-order chi connectivity index (χ0) is 10.6. The second-order valence-electron chi connectivity index (χ2n) is 3.39. The lowest BCUT2D eigenvalue weighted by Gasteiger charge is -2.19. The highest BCUT2D eigenvalue weighted by molar-refractivity contribution is 6.13. The summed E-state index contributed by atoms with van der Waals surface area (Å²) in [6.45, 7) is 4.92. The zero-order valence-electron chi connectivity index (χ0n) is 7.83. The molecule has 5 nitrogen and oxygen atoms in total. The first-order chi connectivity index (χ1) is 5.78. The summed E-state index contributed by atoms with van der Waals surface area (Å²) in [4.78, 5) is 21.5. The van der Waals surface area contributed by atoms with Gasteiger partial charge in [0.25, 0.3) is 0 Å². The molecule has 0 saturated carbocycles. The molecule has 0 heterocycles. The summed E-state index contributed by atoms with van der Waals surface area (Å²) in [5, 5.41) is 8.49. The van der Waals surface area contributed by atoms with Gasteiger partial charge in [0.2, 0.25) is 0 Å². The number of carbonyl (C=O) groups excluding carboxylic acids is 1. The van der Waals surface area contributed by atoms with E-state index in [1.54, 1.807) is 20.8 Å². The van der Waals surface area contributed by atoms with Crippen molar-refractivity contribution in [1.29, 1.82) is 0 Å². The van der Waals surface area contributed by atoms with Crippen LogP contribution in [0.1, 0.15) is 20.8 Å². The molecule has 0 saturated heterocycles. The molecule has 0 bridgehead atoms. The molecule has 0 aromatic carbocycles. The summed E-state index contributed by atoms with van der Waals surface area (Å²) in [5.74, 6) is -2.32. The number of esters is 1. The molecule has 5 heteroatoms. The van der Waals surface area contributed by atoms with Gasteiger partial charge in [0.15, 0.2) is 5.57 Å². The monoisotopic (exact) mass is 187 g/mol. The first-order valence-electron chi connectivity index (χ1n) is 3.66. The molecule has 0 spiro atoms. The second kappa shape index (κ2) is 3.93. The van der Waals surface area contributed by atoms with E-state index < -0.39 is 23.1 Å². The number of nitrogens with two attached hydrogens (primary N) is 1. The van der Waals surface area contributed by atoms with Gasteiger partial charge < -0.3 is 15.6 Å². The van der Waals surface area contributed by atoms with Crippen LogP contribution in [0.2, 0.25) is 0 Å². The highest BCUT2D eigenvalue weighted by atomic mass is 16.6. The third-order valence-corrected chi connectivity index (χ3v) is 1.02. The van der Waals surface area contributed by atoms with E-state index in [1.807, 2.05) is 0 Å². The van der Waals surface area contributed by atoms with Gasteiger partial charge in [0, 0.05) is 6.20 Å². The summed E-state index contributed by atoms with van der Waals surface area (Å²) >= 11 is 0. The fourth-order valence-electron chi connectivity index (χ4n) is 0.560. The predicted octanol–water partition coefficient (Wildman–Crippen LogP) is 0.255. The van der Waals surface area contributed by atoms with Crippen molar-refractivity contribution in [1.82, 2.24) is 0 Å². The van der Waals surface area contributed by atoms with E-state index in [0.29, 0.717) is 0 Å². The molecular formula is C8H13NO4. The van der Waals surface area contributed by atoms with Gasteiger partial charge in [-0.25, -0.2) is 9.59 Å². The number of carboxylic acid groups (broad SMARTS) is 1. The molecule has 0 aliphatic carbocycles. The molecule has 0 rings (SSSR count). The normalized spacial score (nSPS) is 12.4. The number of hydrogen-bond donors (Lipinski definition) is 2. The maximum Gasteiger partial charge on any atom is 0.347 e. The minimum atomic E-state index is -1.39. The quantitative estimate of drug-likeness (QED) is 0.280. The maximum absolute atomic E-state index is 11.1. The van der Waals surface area contributed by atoms with Crippen LogP contribution in [0.3, 0.4) is 0 Å². The van der Waals surface area contributed by atoms with Crippen LogP contribution in [0.5, 0.6) is 0 Å². The van der Waals surface area contributed by atoms with Gasteiger partial charge in [-0.3, -0.25) is 0 Å². The third kappa shape index (κ3) is 4.15. The Morgan fingerprint density at radius 3 is 2.08 bits per heavy atom. The van der Waals surface area contributed by atoms with Crippen molar-refractivity contribution in [3.63, 3.8) is 0 Å². The first kappa shape index (κ1) is 11.5. The number of aliphatic carboxylic acids is 1. The van der Waals surface area contributed by atoms with Crippen LogP contribution in [0, 0.1) is 0 Å². The fourth-order valence-corrected chi connectivity index (χ4v) is 0.560. The lowest BCUT2D eigenvalue weighted by Crippen LogP contribution is -2.27. The Kier molecular flexibility index (Phi) is 3.47. The summed E-state index contributed by atoms with van der Waals surface area (Å²) in [6, 6.07) is 0. The van der Waals surface area contributed by atoms with Crippen molar-refractivity contribution in [2.24, 2.45) is 5.73 Å². The molecule has 74 valence electrons. The van der Waals surface area contributed by atoms with Crippen LogP contribution in [-0.4, -0.2) is 22.6 Å². The lowest BCUT2D eigenvalue weighted by atomic mass is 10.2. The van der Waals surface area contributed by atoms with Crippen LogP contribution in [0.15, 0.2) is 11.8 Å². The number of carbonyl (C=O) groups is 2. The van der Waals surface area contributed by atoms with Gasteiger partial charge >= 0.3 is 11.9 Å². The van der Waals surface area contributed by atoms with Crippen molar-refractivity contribution in [2.45, 2.75) is 26.4 Å². The molecule has 0 radical (unpaired) electrons. The molecule has 0 atom stereocenters. The number of hydrogen-bond acceptors (Lipinski definition) is 4. The maximum atomic E-state index is 11.1. The van der Waals surface area contributed by atoms with E-state index in [2.05, 4.69) is 0 Å². The smallest absolute Gasteiger partial charge is 0.347 e. The summed E-state index contributed by atoms with van der Waals surface area (Å²) in [5.41, 5.74) is 3.67. The highest BCUT2D eigenvalue weighted by Gasteiger charge is 2.23. The Morgan fingerprint density at radius 2 is 1.85 bits per heavy atom. The van der Waals surface area contributed by atoms with Gasteiger partial charge in [-0.2, -0.15) is 0 Å². The summed E-state index contributed by atoms with van der Waals surface area (Å²) in [6.07, 6.45) is 0.719. The van der Waals surface area contributed by atoms with Crippen molar-refractivity contribution in [3.8, 4) is 0 Å². The van der Waals surface area contributed by atoms with Crippen LogP contribution in [-0.2, 0) is 14.3 Å². The van der Waals surface area contributed by atoms with Gasteiger partial charge in [0.05, 0.1) is 0 Å². The van der Waals surface area contributed by atoms with E-state index in [1.165, 1.54) is 0 Å². The van der Waals surface area contributed by atoms with Crippen molar-refractivity contribution < 1.29 is 19.4 Å². The number of ether oxygens (including phenoxy) is 1. The third-order valence-electron chi connectivity index (χ3n) is 1.02. The van der Waals surface area contributed by atoms with Crippen molar-refractivity contribution in [2.75, 3.05) is 0 Å². The summed E-state index contributed by atoms with van der Waals surface area (Å²) in [7, 11) is 0. The zero-order valence-corrected chi connectivity index (χ0v) is 7.83. The standard InChI is InChI=1S/C8H13NO4/c1-8(2,3)13-7(12)5(4-9)6(10)11/h4H,9H2,1-3H3,(H,10,11). The Labute approximate surface area is 76.2 Å². The van der Waals surface area contributed by atoms with Gasteiger partial charge in [-0.05, 0) is 20.8 Å². The Morgan fingerprint density at radius 1 is 1.38 bits per heavy atom. The molecule has 0 aromatic heterocycles. The SMILES string of the molecule is CC(C)(C)OC(=O)C(=CN)C(=O)O. The predicted molar refractivity (Wildman–Crippen MR) is 45.8 cm³/mol. The summed E-state index contributed by atoms with van der Waals surface area (Å²) < 4.78 is 4.78. The second-order valence-corrected chi connectivity index (χ2v) is 3.39. The molecule has 0 aliphatic heterocycles. The van der Waals surface area contributed by atoms with E-state index in [0.717, 1.165) is 6.20 Å². The van der Waals surface area contributed by atoms with Crippen LogP contribution >= 0.6 is 0 Å². The fraction of sp³-hybridized carbons (Fsp3) is 0.500. The lowest BCUT2D eigenvalue weighted by molar-refractivity contribution is -0.152. The first-order valence-corrected chi connectivity index (χ1v) is 3.66. The molecule has 0 fully saturated rings. The topological polar surface area (TPSA) is 89.6 Å². The average molecular weight is 187 g/mol. The van der Waals surface area contributed by atoms with Crippen LogP contribution in [0.25, 0.3) is 0 Å². The van der Waals surface area contributed by atoms with Crippen molar-refractivity contribution in [3.05, 3.63) is 11.8 Å². The van der Waals surface area contributed by atoms with E-state index >= 15 is 0 Å². The molecule has 13 heavy (non-hydrogen) atoms. The van der Waals surface area contributed by atoms with Crippen molar-refractivity contribution >= 4 is 11.9 Å². The molecule has 0 unspecified atom stereocenters. The van der Waals surface area contributed by atoms with E-state index in [4.69, 9.17) is 15.6 Å².